The molecule has 0 aromatic rings. The summed E-state index contributed by atoms with van der Waals surface area (Å²) in [6.07, 6.45) is 2.00. The fourth-order valence-corrected chi connectivity index (χ4v) is 1.53. The lowest BCUT2D eigenvalue weighted by molar-refractivity contribution is -0.154. The fraction of sp³-hybridized carbons (Fsp3) is 0.909. The van der Waals surface area contributed by atoms with E-state index in [-0.39, 0.29) is 12.6 Å². The molecule has 0 aromatic carbocycles. The van der Waals surface area contributed by atoms with Crippen LogP contribution in [0, 0.1) is 0 Å². The van der Waals surface area contributed by atoms with Crippen molar-refractivity contribution in [3.05, 3.63) is 0 Å². The van der Waals surface area contributed by atoms with Crippen LogP contribution in [0.5, 0.6) is 0 Å². The van der Waals surface area contributed by atoms with Crippen LogP contribution in [0.2, 0.25) is 0 Å². The molecule has 6 nitrogen and oxygen atoms in total. The lowest BCUT2D eigenvalue weighted by Crippen LogP contribution is -2.25. The van der Waals surface area contributed by atoms with E-state index in [0.29, 0.717) is 25.9 Å². The molecule has 0 amide bonds. The van der Waals surface area contributed by atoms with Gasteiger partial charge < -0.3 is 10.1 Å². The van der Waals surface area contributed by atoms with Crippen molar-refractivity contribution in [2.75, 3.05) is 26.0 Å². The largest absolute Gasteiger partial charge is 0.460 e. The second-order valence-electron chi connectivity index (χ2n) is 4.97. The molecule has 0 bridgehead atoms. The first kappa shape index (κ1) is 17.3. The minimum atomic E-state index is -3.36. The molecular formula is C11H23NO5S. The zero-order chi connectivity index (χ0) is 14.2. The summed E-state index contributed by atoms with van der Waals surface area (Å²) in [7, 11) is -3.36. The van der Waals surface area contributed by atoms with Crippen molar-refractivity contribution in [2.45, 2.75) is 39.2 Å². The molecule has 1 N–H and O–H groups in total. The van der Waals surface area contributed by atoms with Crippen molar-refractivity contribution >= 4 is 16.1 Å². The summed E-state index contributed by atoms with van der Waals surface area (Å²) < 4.78 is 30.9. The maximum absolute atomic E-state index is 11.3. The zero-order valence-corrected chi connectivity index (χ0v) is 12.3. The van der Waals surface area contributed by atoms with Gasteiger partial charge in [0.05, 0.1) is 12.9 Å². The summed E-state index contributed by atoms with van der Waals surface area (Å²) in [6, 6.07) is 0. The minimum Gasteiger partial charge on any atom is -0.460 e. The first-order chi connectivity index (χ1) is 8.10. The van der Waals surface area contributed by atoms with E-state index in [4.69, 9.17) is 4.74 Å². The molecule has 0 aliphatic carbocycles. The third-order valence-corrected chi connectivity index (χ3v) is 2.33. The molecule has 7 heteroatoms. The van der Waals surface area contributed by atoms with Crippen LogP contribution in [0.3, 0.4) is 0 Å². The van der Waals surface area contributed by atoms with Crippen molar-refractivity contribution in [3.63, 3.8) is 0 Å². The second-order valence-corrected chi connectivity index (χ2v) is 6.61. The maximum Gasteiger partial charge on any atom is 0.306 e. The Hall–Kier alpha value is -0.660. The van der Waals surface area contributed by atoms with Gasteiger partial charge in [0.2, 0.25) is 0 Å². The van der Waals surface area contributed by atoms with Crippen LogP contribution in [-0.2, 0) is 23.8 Å². The molecule has 0 radical (unpaired) electrons. The van der Waals surface area contributed by atoms with Gasteiger partial charge in [-0.3, -0.25) is 8.98 Å². The second kappa shape index (κ2) is 7.70. The van der Waals surface area contributed by atoms with Gasteiger partial charge in [0, 0.05) is 13.0 Å². The van der Waals surface area contributed by atoms with Gasteiger partial charge in [-0.25, -0.2) is 0 Å². The van der Waals surface area contributed by atoms with Crippen molar-refractivity contribution in [2.24, 2.45) is 0 Å². The smallest absolute Gasteiger partial charge is 0.306 e. The van der Waals surface area contributed by atoms with E-state index < -0.39 is 15.7 Å². The molecule has 0 unspecified atom stereocenters. The van der Waals surface area contributed by atoms with Crippen molar-refractivity contribution in [1.29, 1.82) is 0 Å². The van der Waals surface area contributed by atoms with Crippen LogP contribution in [0.4, 0.5) is 0 Å². The van der Waals surface area contributed by atoms with Gasteiger partial charge in [0.25, 0.3) is 10.1 Å². The highest BCUT2D eigenvalue weighted by Crippen LogP contribution is 2.08. The van der Waals surface area contributed by atoms with Crippen molar-refractivity contribution in [1.82, 2.24) is 5.32 Å². The molecule has 0 aliphatic heterocycles. The van der Waals surface area contributed by atoms with Crippen LogP contribution in [0.15, 0.2) is 0 Å². The third-order valence-electron chi connectivity index (χ3n) is 1.73. The first-order valence-electron chi connectivity index (χ1n) is 5.87. The van der Waals surface area contributed by atoms with Gasteiger partial charge in [-0.2, -0.15) is 8.42 Å². The highest BCUT2D eigenvalue weighted by molar-refractivity contribution is 7.85. The van der Waals surface area contributed by atoms with E-state index in [1.54, 1.807) is 0 Å². The Balaban J connectivity index is 3.44. The van der Waals surface area contributed by atoms with Gasteiger partial charge in [-0.05, 0) is 33.7 Å². The Labute approximate surface area is 109 Å². The van der Waals surface area contributed by atoms with Gasteiger partial charge in [-0.15, -0.1) is 0 Å². The standard InChI is InChI=1S/C11H23NO5S/c1-11(2,3)17-10(13)6-5-7-12-8-9-16-18(4,14)15/h12H,5-9H2,1-4H3. The van der Waals surface area contributed by atoms with Crippen LogP contribution >= 0.6 is 0 Å². The third kappa shape index (κ3) is 13.4. The molecule has 0 saturated carbocycles. The van der Waals surface area contributed by atoms with Gasteiger partial charge >= 0.3 is 5.97 Å². The maximum atomic E-state index is 11.3. The topological polar surface area (TPSA) is 81.7 Å². The Kier molecular flexibility index (Phi) is 7.42. The fourth-order valence-electron chi connectivity index (χ4n) is 1.14. The zero-order valence-electron chi connectivity index (χ0n) is 11.5. The number of carbonyl (C=O) groups excluding carboxylic acids is 1. The molecule has 0 atom stereocenters. The molecule has 0 spiro atoms. The Morgan fingerprint density at radius 2 is 1.83 bits per heavy atom. The van der Waals surface area contributed by atoms with Crippen LogP contribution in [0.25, 0.3) is 0 Å². The molecule has 0 heterocycles. The van der Waals surface area contributed by atoms with E-state index >= 15 is 0 Å². The number of nitrogens with one attached hydrogen (secondary N) is 1. The SMILES string of the molecule is CC(C)(C)OC(=O)CCCNCCOS(C)(=O)=O. The molecule has 0 fully saturated rings. The average molecular weight is 281 g/mol. The number of esters is 1. The lowest BCUT2D eigenvalue weighted by Gasteiger charge is -2.19. The monoisotopic (exact) mass is 281 g/mol. The van der Waals surface area contributed by atoms with Crippen molar-refractivity contribution in [3.8, 4) is 0 Å². The van der Waals surface area contributed by atoms with E-state index in [1.165, 1.54) is 0 Å². The Bertz CT molecular complexity index is 345. The number of carbonyl (C=O) groups is 1. The average Bonchev–Trinajstić information content (AvgIpc) is 2.11. The van der Waals surface area contributed by atoms with Crippen LogP contribution in [-0.4, -0.2) is 45.9 Å². The summed E-state index contributed by atoms with van der Waals surface area (Å²) in [5, 5.41) is 2.98. The molecule has 0 rings (SSSR count). The van der Waals surface area contributed by atoms with E-state index in [2.05, 4.69) is 9.50 Å². The Morgan fingerprint density at radius 1 is 1.22 bits per heavy atom. The van der Waals surface area contributed by atoms with Crippen molar-refractivity contribution < 1.29 is 22.1 Å². The summed E-state index contributed by atoms with van der Waals surface area (Å²) in [5.74, 6) is -0.225. The summed E-state index contributed by atoms with van der Waals surface area (Å²) in [4.78, 5) is 11.3. The summed E-state index contributed by atoms with van der Waals surface area (Å²) in [5.41, 5.74) is -0.451. The molecule has 0 aromatic heterocycles. The minimum absolute atomic E-state index is 0.102. The predicted octanol–water partition coefficient (Wildman–Crippen LogP) is 0.674. The first-order valence-corrected chi connectivity index (χ1v) is 7.69. The molecule has 108 valence electrons. The summed E-state index contributed by atoms with van der Waals surface area (Å²) in [6.45, 7) is 6.63. The normalized spacial score (nSPS) is 12.4. The highest BCUT2D eigenvalue weighted by Gasteiger charge is 2.15. The number of rotatable bonds is 8. The van der Waals surface area contributed by atoms with Gasteiger partial charge in [0.15, 0.2) is 0 Å². The number of hydrogen-bond donors (Lipinski definition) is 1. The van der Waals surface area contributed by atoms with Crippen LogP contribution in [0.1, 0.15) is 33.6 Å². The molecular weight excluding hydrogens is 258 g/mol. The summed E-state index contributed by atoms with van der Waals surface area (Å²) >= 11 is 0. The Morgan fingerprint density at radius 3 is 2.33 bits per heavy atom. The molecule has 18 heavy (non-hydrogen) atoms. The number of hydrogen-bond acceptors (Lipinski definition) is 6. The molecule has 0 aliphatic rings. The van der Waals surface area contributed by atoms with E-state index in [9.17, 15) is 13.2 Å². The molecule has 0 saturated heterocycles. The highest BCUT2D eigenvalue weighted by atomic mass is 32.2. The predicted molar refractivity (Wildman–Crippen MR) is 68.7 cm³/mol. The van der Waals surface area contributed by atoms with E-state index in [0.717, 1.165) is 6.26 Å². The lowest BCUT2D eigenvalue weighted by atomic mass is 10.2. The van der Waals surface area contributed by atoms with E-state index in [1.807, 2.05) is 20.8 Å². The number of ether oxygens (including phenoxy) is 1. The van der Waals surface area contributed by atoms with Gasteiger partial charge in [-0.1, -0.05) is 0 Å². The van der Waals surface area contributed by atoms with Crippen LogP contribution < -0.4 is 5.32 Å². The van der Waals surface area contributed by atoms with Gasteiger partial charge in [0.1, 0.15) is 5.60 Å². The quantitative estimate of drug-likeness (QED) is 0.400.